The Morgan fingerprint density at radius 3 is 1.20 bits per heavy atom. The van der Waals surface area contributed by atoms with Crippen LogP contribution in [0.2, 0.25) is 0 Å². The van der Waals surface area contributed by atoms with Crippen molar-refractivity contribution in [3.63, 3.8) is 0 Å². The van der Waals surface area contributed by atoms with Gasteiger partial charge in [0.15, 0.2) is 0 Å². The minimum Gasteiger partial charge on any atom is -1.00 e. The molecule has 0 saturated heterocycles. The van der Waals surface area contributed by atoms with Gasteiger partial charge in [0.05, 0.1) is 0 Å². The topological polar surface area (TPSA) is 0 Å². The summed E-state index contributed by atoms with van der Waals surface area (Å²) in [7, 11) is 0. The molecule has 0 bridgehead atoms. The molecule has 0 heterocycles. The van der Waals surface area contributed by atoms with Crippen LogP contribution in [0.1, 0.15) is 1.43 Å². The van der Waals surface area contributed by atoms with Crippen molar-refractivity contribution in [2.75, 3.05) is 0 Å². The molecule has 0 aromatic heterocycles. The van der Waals surface area contributed by atoms with Gasteiger partial charge in [-0.15, -0.1) is 0 Å². The fourth-order valence-electron chi connectivity index (χ4n) is 0. The second-order valence-corrected chi connectivity index (χ2v) is 0. The Morgan fingerprint density at radius 2 is 1.20 bits per heavy atom. The van der Waals surface area contributed by atoms with E-state index in [0.717, 1.165) is 0 Å². The van der Waals surface area contributed by atoms with E-state index in [-0.39, 0.29) is 89.3 Å². The molecule has 23 valence electrons. The molecule has 0 aliphatic heterocycles. The maximum absolute atomic E-state index is 0. The molecule has 5 heavy (non-hydrogen) atoms. The first-order valence-electron chi connectivity index (χ1n) is 0. The normalized spacial score (nSPS) is 0. The summed E-state index contributed by atoms with van der Waals surface area (Å²) < 4.78 is 0. The summed E-state index contributed by atoms with van der Waals surface area (Å²) in [4.78, 5) is 0. The van der Waals surface area contributed by atoms with Crippen molar-refractivity contribution < 1.29 is 79.4 Å². The van der Waals surface area contributed by atoms with Gasteiger partial charge in [-0.1, -0.05) is 0 Å². The van der Waals surface area contributed by atoms with Gasteiger partial charge >= 0.3 is 18.9 Å². The van der Waals surface area contributed by atoms with Crippen LogP contribution in [0.25, 0.3) is 0 Å². The van der Waals surface area contributed by atoms with Crippen LogP contribution >= 0.6 is 9.90 Å². The molecule has 0 amide bonds. The number of rotatable bonds is 0. The summed E-state index contributed by atoms with van der Waals surface area (Å²) in [5.74, 6) is 0. The van der Waals surface area contributed by atoms with E-state index in [0.29, 0.717) is 0 Å². The van der Waals surface area contributed by atoms with E-state index in [2.05, 4.69) is 0 Å². The Morgan fingerprint density at radius 1 is 1.20 bits per heavy atom. The van der Waals surface area contributed by atoms with Crippen molar-refractivity contribution in [1.82, 2.24) is 0 Å². The first-order chi connectivity index (χ1) is 0. The average molecular weight is 254 g/mol. The third-order valence-electron chi connectivity index (χ3n) is 0. The Kier molecular flexibility index (Phi) is 253. The van der Waals surface area contributed by atoms with Crippen LogP contribution in [0.3, 0.4) is 0 Å². The van der Waals surface area contributed by atoms with E-state index in [1.54, 1.807) is 0 Å². The first-order valence-corrected chi connectivity index (χ1v) is 0. The molecule has 1 unspecified atom stereocenters. The van der Waals surface area contributed by atoms with Crippen LogP contribution in [-0.2, 0) is 59.1 Å². The molecule has 0 aromatic rings. The summed E-state index contributed by atoms with van der Waals surface area (Å²) >= 11 is 0. The van der Waals surface area contributed by atoms with Crippen molar-refractivity contribution in [2.45, 2.75) is 0 Å². The van der Waals surface area contributed by atoms with Crippen LogP contribution in [0, 0.1) is 0 Å². The predicted molar refractivity (Wildman–Crippen MR) is 12.2 cm³/mol. The van der Waals surface area contributed by atoms with E-state index in [1.807, 2.05) is 0 Å². The predicted octanol–water partition coefficient (Wildman–Crippen LogP) is -2.83. The minimum atomic E-state index is 0. The van der Waals surface area contributed by atoms with E-state index in [9.17, 15) is 0 Å². The molecule has 0 N–H and O–H groups in total. The quantitative estimate of drug-likeness (QED) is 0.323. The summed E-state index contributed by atoms with van der Waals surface area (Å²) in [6.45, 7) is 0. The standard InChI is InChI=1S/Li.Mo.H3P.V.Zn.H/h;;1H3;;;/q+1;;;;;-1. The number of hydrogen-bond acceptors (Lipinski definition) is 0. The van der Waals surface area contributed by atoms with Gasteiger partial charge in [0.1, 0.15) is 0 Å². The monoisotopic (exact) mass is 255 g/mol. The largest absolute Gasteiger partial charge is 1.00 e. The Labute approximate surface area is 88.2 Å². The Hall–Kier alpha value is 2.92. The molecule has 0 fully saturated rings. The van der Waals surface area contributed by atoms with Crippen LogP contribution in [-0.4, -0.2) is 0 Å². The molecular weight excluding hydrogens is 250 g/mol. The zero-order valence-corrected chi connectivity index (χ0v) is 11.1. The van der Waals surface area contributed by atoms with Crippen molar-refractivity contribution in [2.24, 2.45) is 0 Å². The second-order valence-electron chi connectivity index (χ2n) is 0. The first kappa shape index (κ1) is 44.4. The van der Waals surface area contributed by atoms with Gasteiger partial charge in [0.2, 0.25) is 0 Å². The summed E-state index contributed by atoms with van der Waals surface area (Å²) in [6.07, 6.45) is 0. The molecule has 0 aromatic carbocycles. The molecule has 0 aliphatic rings. The molecule has 1 atom stereocenters. The minimum absolute atomic E-state index is 0. The van der Waals surface area contributed by atoms with Gasteiger partial charge in [0, 0.05) is 59.1 Å². The fourth-order valence-corrected chi connectivity index (χ4v) is 0. The molecule has 0 rings (SSSR count). The molecule has 0 spiro atoms. The molecular formula is H4LiMoPVZn. The third kappa shape index (κ3) is 19.6. The Balaban J connectivity index is 0. The molecule has 5 heteroatoms. The molecule has 0 nitrogen and oxygen atoms in total. The zero-order chi connectivity index (χ0) is 0. The summed E-state index contributed by atoms with van der Waals surface area (Å²) in [6, 6.07) is 0. The van der Waals surface area contributed by atoms with Crippen LogP contribution in [0.4, 0.5) is 0 Å². The van der Waals surface area contributed by atoms with Crippen molar-refractivity contribution >= 4 is 9.90 Å². The van der Waals surface area contributed by atoms with E-state index in [1.165, 1.54) is 0 Å². The van der Waals surface area contributed by atoms with E-state index >= 15 is 0 Å². The van der Waals surface area contributed by atoms with Crippen molar-refractivity contribution in [3.05, 3.63) is 0 Å². The van der Waals surface area contributed by atoms with Crippen LogP contribution in [0.15, 0.2) is 0 Å². The van der Waals surface area contributed by atoms with E-state index in [4.69, 9.17) is 0 Å². The maximum atomic E-state index is 0. The van der Waals surface area contributed by atoms with E-state index < -0.39 is 0 Å². The van der Waals surface area contributed by atoms with Gasteiger partial charge in [0.25, 0.3) is 0 Å². The smallest absolute Gasteiger partial charge is 1.00 e. The maximum Gasteiger partial charge on any atom is 1.00 e. The third-order valence-corrected chi connectivity index (χ3v) is 0. The van der Waals surface area contributed by atoms with Crippen LogP contribution in [0.5, 0.6) is 0 Å². The van der Waals surface area contributed by atoms with Gasteiger partial charge in [-0.2, -0.15) is 9.90 Å². The zero-order valence-electron chi connectivity index (χ0n) is 4.27. The van der Waals surface area contributed by atoms with Gasteiger partial charge < -0.3 is 1.43 Å². The van der Waals surface area contributed by atoms with Gasteiger partial charge in [-0.05, 0) is 0 Å². The van der Waals surface area contributed by atoms with Crippen molar-refractivity contribution in [3.8, 4) is 0 Å². The average Bonchev–Trinajstić information content (AvgIpc) is 0. The summed E-state index contributed by atoms with van der Waals surface area (Å²) in [5, 5.41) is 0. The molecule has 0 saturated carbocycles. The second kappa shape index (κ2) is 28.4. The van der Waals surface area contributed by atoms with Gasteiger partial charge in [-0.3, -0.25) is 0 Å². The van der Waals surface area contributed by atoms with Crippen molar-refractivity contribution in [1.29, 1.82) is 0 Å². The SMILES string of the molecule is P.[H-].[Li+].[Mo].[V].[Zn]. The fraction of sp³-hybridized carbons (Fsp3) is 0. The molecule has 1 radical (unpaired) electrons. The molecule has 0 aliphatic carbocycles. The van der Waals surface area contributed by atoms with Crippen LogP contribution < -0.4 is 18.9 Å². The number of hydrogen-bond donors (Lipinski definition) is 0. The Bertz CT molecular complexity index is 15.5. The van der Waals surface area contributed by atoms with Gasteiger partial charge in [-0.25, -0.2) is 0 Å². The summed E-state index contributed by atoms with van der Waals surface area (Å²) in [5.41, 5.74) is 0.